The van der Waals surface area contributed by atoms with E-state index in [1.807, 2.05) is 0 Å². The summed E-state index contributed by atoms with van der Waals surface area (Å²) in [4.78, 5) is 11.4. The van der Waals surface area contributed by atoms with Crippen LogP contribution >= 0.6 is 11.6 Å². The molecule has 0 radical (unpaired) electrons. The zero-order valence-electron chi connectivity index (χ0n) is 10.1. The van der Waals surface area contributed by atoms with Crippen LogP contribution in [0.4, 0.5) is 18.9 Å². The van der Waals surface area contributed by atoms with Crippen LogP contribution in [-0.2, 0) is 11.0 Å². The maximum Gasteiger partial charge on any atom is 0.416 e. The molecule has 0 spiro atoms. The molecule has 0 bridgehead atoms. The Hall–Kier alpha value is -1.27. The molecule has 0 aromatic heterocycles. The number of aliphatic hydroxyl groups is 1. The van der Waals surface area contributed by atoms with Crippen LogP contribution in [0.25, 0.3) is 0 Å². The van der Waals surface area contributed by atoms with Crippen molar-refractivity contribution < 1.29 is 23.1 Å². The number of anilines is 1. The van der Waals surface area contributed by atoms with Gasteiger partial charge in [-0.1, -0.05) is 11.6 Å². The maximum atomic E-state index is 12.5. The average molecular weight is 296 g/mol. The Balaban J connectivity index is 2.79. The highest BCUT2D eigenvalue weighted by Gasteiger charge is 2.31. The number of alkyl halides is 3. The van der Waals surface area contributed by atoms with E-state index in [0.717, 1.165) is 12.1 Å². The number of hydrogen-bond donors (Lipinski definition) is 2. The second kappa shape index (κ2) is 6.25. The summed E-state index contributed by atoms with van der Waals surface area (Å²) in [6.07, 6.45) is -4.91. The molecule has 7 heteroatoms. The Kier molecular flexibility index (Phi) is 5.20. The molecule has 2 N–H and O–H groups in total. The number of hydrogen-bond acceptors (Lipinski definition) is 2. The minimum absolute atomic E-state index is 0.0181. The van der Waals surface area contributed by atoms with E-state index in [1.165, 1.54) is 13.0 Å². The number of nitrogens with one attached hydrogen (secondary N) is 1. The molecule has 1 aromatic rings. The Labute approximate surface area is 113 Å². The highest BCUT2D eigenvalue weighted by atomic mass is 35.5. The predicted molar refractivity (Wildman–Crippen MR) is 66.0 cm³/mol. The molecule has 3 nitrogen and oxygen atoms in total. The monoisotopic (exact) mass is 295 g/mol. The standard InChI is InChI=1S/C12H13ClF3NO2/c1-7(18)2-3-11(19)17-10-5-8(12(14,15)16)4-9(13)6-10/h4-7,18H,2-3H2,1H3,(H,17,19). The number of halogens is 4. The molecule has 0 saturated carbocycles. The van der Waals surface area contributed by atoms with Gasteiger partial charge in [0, 0.05) is 17.1 Å². The minimum Gasteiger partial charge on any atom is -0.393 e. The lowest BCUT2D eigenvalue weighted by Gasteiger charge is -2.11. The van der Waals surface area contributed by atoms with Crippen molar-refractivity contribution in [3.8, 4) is 0 Å². The van der Waals surface area contributed by atoms with Gasteiger partial charge >= 0.3 is 6.18 Å². The summed E-state index contributed by atoms with van der Waals surface area (Å²) >= 11 is 5.58. The van der Waals surface area contributed by atoms with Gasteiger partial charge in [-0.25, -0.2) is 0 Å². The molecule has 0 aliphatic rings. The van der Waals surface area contributed by atoms with E-state index in [-0.39, 0.29) is 23.6 Å². The van der Waals surface area contributed by atoms with Gasteiger partial charge in [-0.2, -0.15) is 13.2 Å². The van der Waals surface area contributed by atoms with Crippen molar-refractivity contribution in [1.29, 1.82) is 0 Å². The maximum absolute atomic E-state index is 12.5. The molecule has 1 rings (SSSR count). The summed E-state index contributed by atoms with van der Waals surface area (Å²) in [6.45, 7) is 1.52. The molecular formula is C12H13ClF3NO2. The van der Waals surface area contributed by atoms with E-state index < -0.39 is 23.8 Å². The summed E-state index contributed by atoms with van der Waals surface area (Å²) in [5.74, 6) is -0.476. The van der Waals surface area contributed by atoms with E-state index in [2.05, 4.69) is 5.32 Å². The van der Waals surface area contributed by atoms with Crippen molar-refractivity contribution in [1.82, 2.24) is 0 Å². The Morgan fingerprint density at radius 1 is 1.42 bits per heavy atom. The smallest absolute Gasteiger partial charge is 0.393 e. The summed E-state index contributed by atoms with van der Waals surface area (Å²) < 4.78 is 37.6. The third-order valence-corrected chi connectivity index (χ3v) is 2.52. The van der Waals surface area contributed by atoms with Crippen molar-refractivity contribution in [2.75, 3.05) is 5.32 Å². The van der Waals surface area contributed by atoms with Gasteiger partial charge in [0.1, 0.15) is 0 Å². The number of benzene rings is 1. The van der Waals surface area contributed by atoms with E-state index in [4.69, 9.17) is 16.7 Å². The lowest BCUT2D eigenvalue weighted by molar-refractivity contribution is -0.137. The average Bonchev–Trinajstić information content (AvgIpc) is 2.24. The van der Waals surface area contributed by atoms with E-state index in [1.54, 1.807) is 0 Å². The van der Waals surface area contributed by atoms with Crippen LogP contribution in [-0.4, -0.2) is 17.1 Å². The van der Waals surface area contributed by atoms with Gasteiger partial charge in [-0.3, -0.25) is 4.79 Å². The summed E-state index contributed by atoms with van der Waals surface area (Å²) in [5.41, 5.74) is -0.943. The molecule has 0 aliphatic heterocycles. The zero-order chi connectivity index (χ0) is 14.6. The number of amides is 1. The molecule has 1 amide bonds. The Morgan fingerprint density at radius 3 is 2.58 bits per heavy atom. The fourth-order valence-electron chi connectivity index (χ4n) is 1.39. The summed E-state index contributed by atoms with van der Waals surface area (Å²) in [5, 5.41) is 11.2. The van der Waals surface area contributed by atoms with Crippen molar-refractivity contribution in [3.63, 3.8) is 0 Å². The van der Waals surface area contributed by atoms with Crippen LogP contribution in [0, 0.1) is 0 Å². The van der Waals surface area contributed by atoms with Gasteiger partial charge in [0.15, 0.2) is 0 Å². The van der Waals surface area contributed by atoms with Crippen LogP contribution in [0.15, 0.2) is 18.2 Å². The topological polar surface area (TPSA) is 49.3 Å². The van der Waals surface area contributed by atoms with Crippen molar-refractivity contribution >= 4 is 23.2 Å². The predicted octanol–water partition coefficient (Wildman–Crippen LogP) is 3.46. The van der Waals surface area contributed by atoms with Gasteiger partial charge in [0.05, 0.1) is 11.7 Å². The van der Waals surface area contributed by atoms with Gasteiger partial charge in [-0.05, 0) is 31.5 Å². The molecule has 19 heavy (non-hydrogen) atoms. The molecule has 1 unspecified atom stereocenters. The first-order valence-electron chi connectivity index (χ1n) is 5.54. The first kappa shape index (κ1) is 15.8. The third kappa shape index (κ3) is 5.48. The Bertz CT molecular complexity index is 461. The second-order valence-electron chi connectivity index (χ2n) is 4.16. The van der Waals surface area contributed by atoms with Crippen molar-refractivity contribution in [2.24, 2.45) is 0 Å². The fourth-order valence-corrected chi connectivity index (χ4v) is 1.62. The number of rotatable bonds is 4. The first-order valence-corrected chi connectivity index (χ1v) is 5.92. The van der Waals surface area contributed by atoms with Crippen molar-refractivity contribution in [2.45, 2.75) is 32.0 Å². The zero-order valence-corrected chi connectivity index (χ0v) is 10.8. The van der Waals surface area contributed by atoms with Crippen LogP contribution in [0.5, 0.6) is 0 Å². The number of carbonyl (C=O) groups is 1. The van der Waals surface area contributed by atoms with E-state index in [0.29, 0.717) is 0 Å². The lowest BCUT2D eigenvalue weighted by Crippen LogP contribution is -2.15. The summed E-state index contributed by atoms with van der Waals surface area (Å²) in [7, 11) is 0. The molecule has 106 valence electrons. The number of carbonyl (C=O) groups excluding carboxylic acids is 1. The van der Waals surface area contributed by atoms with Crippen LogP contribution in [0.3, 0.4) is 0 Å². The normalized spacial score (nSPS) is 13.2. The van der Waals surface area contributed by atoms with Gasteiger partial charge in [0.25, 0.3) is 0 Å². The number of aliphatic hydroxyl groups excluding tert-OH is 1. The molecule has 0 aliphatic carbocycles. The third-order valence-electron chi connectivity index (χ3n) is 2.30. The van der Waals surface area contributed by atoms with Gasteiger partial charge in [-0.15, -0.1) is 0 Å². The highest BCUT2D eigenvalue weighted by Crippen LogP contribution is 2.33. The van der Waals surface area contributed by atoms with E-state index >= 15 is 0 Å². The molecule has 0 saturated heterocycles. The second-order valence-corrected chi connectivity index (χ2v) is 4.60. The molecule has 1 atom stereocenters. The van der Waals surface area contributed by atoms with Crippen LogP contribution in [0.1, 0.15) is 25.3 Å². The van der Waals surface area contributed by atoms with E-state index in [9.17, 15) is 18.0 Å². The quantitative estimate of drug-likeness (QED) is 0.894. The first-order chi connectivity index (χ1) is 8.68. The minimum atomic E-state index is -4.52. The van der Waals surface area contributed by atoms with Crippen molar-refractivity contribution in [3.05, 3.63) is 28.8 Å². The summed E-state index contributed by atoms with van der Waals surface area (Å²) in [6, 6.07) is 2.83. The van der Waals surface area contributed by atoms with Crippen LogP contribution < -0.4 is 5.32 Å². The van der Waals surface area contributed by atoms with Gasteiger partial charge in [0.2, 0.25) is 5.91 Å². The van der Waals surface area contributed by atoms with Gasteiger partial charge < -0.3 is 10.4 Å². The Morgan fingerprint density at radius 2 is 2.05 bits per heavy atom. The highest BCUT2D eigenvalue weighted by molar-refractivity contribution is 6.31. The fraction of sp³-hybridized carbons (Fsp3) is 0.417. The molecule has 0 fully saturated rings. The molecule has 1 aromatic carbocycles. The molecule has 0 heterocycles. The SMILES string of the molecule is CC(O)CCC(=O)Nc1cc(Cl)cc(C(F)(F)F)c1. The lowest BCUT2D eigenvalue weighted by atomic mass is 10.1. The molecular weight excluding hydrogens is 283 g/mol. The largest absolute Gasteiger partial charge is 0.416 e. The van der Waals surface area contributed by atoms with Crippen LogP contribution in [0.2, 0.25) is 5.02 Å².